The number of carbonyl (C=O) groups is 1. The summed E-state index contributed by atoms with van der Waals surface area (Å²) in [5.41, 5.74) is 0.271. The molecule has 1 aromatic heterocycles. The fraction of sp³-hybridized carbons (Fsp3) is 0.538. The van der Waals surface area contributed by atoms with Gasteiger partial charge >= 0.3 is 0 Å². The number of nitrogens with zero attached hydrogens (tertiary/aromatic N) is 2. The molecule has 1 aromatic rings. The van der Waals surface area contributed by atoms with Gasteiger partial charge in [0.25, 0.3) is 5.91 Å². The Morgan fingerprint density at radius 3 is 2.78 bits per heavy atom. The van der Waals surface area contributed by atoms with E-state index in [1.807, 2.05) is 4.90 Å². The van der Waals surface area contributed by atoms with Gasteiger partial charge in [-0.15, -0.1) is 0 Å². The zero-order valence-electron chi connectivity index (χ0n) is 10.3. The highest BCUT2D eigenvalue weighted by molar-refractivity contribution is 6.34. The van der Waals surface area contributed by atoms with Crippen LogP contribution in [0.5, 0.6) is 0 Å². The van der Waals surface area contributed by atoms with Gasteiger partial charge < -0.3 is 4.90 Å². The number of amides is 1. The highest BCUT2D eigenvalue weighted by Crippen LogP contribution is 2.29. The van der Waals surface area contributed by atoms with E-state index in [9.17, 15) is 4.79 Å². The number of hydrogen-bond acceptors (Lipinski definition) is 2. The van der Waals surface area contributed by atoms with Gasteiger partial charge in [0.15, 0.2) is 0 Å². The minimum atomic E-state index is -0.0987. The van der Waals surface area contributed by atoms with Crippen LogP contribution < -0.4 is 0 Å². The Morgan fingerprint density at radius 1 is 1.44 bits per heavy atom. The van der Waals surface area contributed by atoms with E-state index in [0.29, 0.717) is 16.2 Å². The summed E-state index contributed by atoms with van der Waals surface area (Å²) in [6, 6.07) is 3.57. The van der Waals surface area contributed by atoms with Gasteiger partial charge in [-0.05, 0) is 31.4 Å². The van der Waals surface area contributed by atoms with Crippen LogP contribution >= 0.6 is 23.2 Å². The molecule has 0 aliphatic heterocycles. The number of unbranched alkanes of at least 4 members (excludes halogenated alkanes) is 1. The van der Waals surface area contributed by atoms with Crippen LogP contribution in [-0.2, 0) is 0 Å². The highest BCUT2D eigenvalue weighted by Gasteiger charge is 2.33. The Morgan fingerprint density at radius 2 is 2.17 bits per heavy atom. The SMILES string of the molecule is CCCCN(C(=O)c1nc(Cl)ccc1Cl)C1CC1. The maximum Gasteiger partial charge on any atom is 0.274 e. The van der Waals surface area contributed by atoms with Crippen LogP contribution in [-0.4, -0.2) is 28.4 Å². The van der Waals surface area contributed by atoms with Crippen LogP contribution in [0.2, 0.25) is 10.2 Å². The predicted molar refractivity (Wildman–Crippen MR) is 73.2 cm³/mol. The van der Waals surface area contributed by atoms with Crippen molar-refractivity contribution in [1.82, 2.24) is 9.88 Å². The first-order chi connectivity index (χ1) is 8.63. The van der Waals surface area contributed by atoms with E-state index in [0.717, 1.165) is 32.2 Å². The lowest BCUT2D eigenvalue weighted by Gasteiger charge is -2.22. The van der Waals surface area contributed by atoms with Crippen LogP contribution in [0.3, 0.4) is 0 Å². The fourth-order valence-electron chi connectivity index (χ4n) is 1.87. The minimum Gasteiger partial charge on any atom is -0.334 e. The summed E-state index contributed by atoms with van der Waals surface area (Å²) < 4.78 is 0. The zero-order valence-corrected chi connectivity index (χ0v) is 11.8. The van der Waals surface area contributed by atoms with Gasteiger partial charge in [-0.2, -0.15) is 0 Å². The van der Waals surface area contributed by atoms with E-state index in [1.165, 1.54) is 0 Å². The molecule has 0 spiro atoms. The monoisotopic (exact) mass is 286 g/mol. The second kappa shape index (κ2) is 5.89. The third-order valence-corrected chi connectivity index (χ3v) is 3.53. The summed E-state index contributed by atoms with van der Waals surface area (Å²) in [4.78, 5) is 18.4. The number of pyridine rings is 1. The van der Waals surface area contributed by atoms with Crippen molar-refractivity contribution in [2.24, 2.45) is 0 Å². The van der Waals surface area contributed by atoms with Crippen molar-refractivity contribution in [3.05, 3.63) is 28.0 Å². The predicted octanol–water partition coefficient (Wildman–Crippen LogP) is 3.79. The highest BCUT2D eigenvalue weighted by atomic mass is 35.5. The van der Waals surface area contributed by atoms with E-state index >= 15 is 0 Å². The summed E-state index contributed by atoms with van der Waals surface area (Å²) in [7, 11) is 0. The van der Waals surface area contributed by atoms with Crippen LogP contribution in [0, 0.1) is 0 Å². The summed E-state index contributed by atoms with van der Waals surface area (Å²) in [5, 5.41) is 0.667. The zero-order chi connectivity index (χ0) is 13.1. The Bertz CT molecular complexity index is 447. The second-order valence-corrected chi connectivity index (χ2v) is 5.34. The smallest absolute Gasteiger partial charge is 0.274 e. The molecule has 1 heterocycles. The topological polar surface area (TPSA) is 33.2 Å². The molecular weight excluding hydrogens is 271 g/mol. The van der Waals surface area contributed by atoms with Crippen molar-refractivity contribution < 1.29 is 4.79 Å². The summed E-state index contributed by atoms with van der Waals surface area (Å²) in [5.74, 6) is -0.0987. The van der Waals surface area contributed by atoms with Crippen molar-refractivity contribution in [3.8, 4) is 0 Å². The summed E-state index contributed by atoms with van der Waals surface area (Å²) in [6.07, 6.45) is 4.22. The molecule has 3 nitrogen and oxygen atoms in total. The molecule has 0 radical (unpaired) electrons. The molecule has 18 heavy (non-hydrogen) atoms. The van der Waals surface area contributed by atoms with Crippen molar-refractivity contribution in [3.63, 3.8) is 0 Å². The van der Waals surface area contributed by atoms with Gasteiger partial charge in [0.05, 0.1) is 5.02 Å². The van der Waals surface area contributed by atoms with Gasteiger partial charge in [-0.25, -0.2) is 4.98 Å². The first-order valence-corrected chi connectivity index (χ1v) is 7.02. The average molecular weight is 287 g/mol. The van der Waals surface area contributed by atoms with Crippen LogP contribution in [0.1, 0.15) is 43.1 Å². The van der Waals surface area contributed by atoms with Gasteiger partial charge in [0, 0.05) is 12.6 Å². The standard InChI is InChI=1S/C13H16Cl2N2O/c1-2-3-8-17(9-4-5-9)13(18)12-10(14)6-7-11(15)16-12/h6-7,9H,2-5,8H2,1H3. The molecular formula is C13H16Cl2N2O. The lowest BCUT2D eigenvalue weighted by molar-refractivity contribution is 0.0735. The second-order valence-electron chi connectivity index (χ2n) is 4.55. The lowest BCUT2D eigenvalue weighted by atomic mass is 10.2. The van der Waals surface area contributed by atoms with E-state index in [4.69, 9.17) is 23.2 Å². The van der Waals surface area contributed by atoms with Crippen LogP contribution in [0.15, 0.2) is 12.1 Å². The molecule has 0 atom stereocenters. The molecule has 1 amide bonds. The van der Waals surface area contributed by atoms with E-state index < -0.39 is 0 Å². The summed E-state index contributed by atoms with van der Waals surface area (Å²) >= 11 is 11.9. The first kappa shape index (κ1) is 13.6. The first-order valence-electron chi connectivity index (χ1n) is 6.26. The Balaban J connectivity index is 2.19. The third-order valence-electron chi connectivity index (χ3n) is 3.02. The van der Waals surface area contributed by atoms with Gasteiger partial charge in [0.1, 0.15) is 10.8 Å². The molecule has 0 unspecified atom stereocenters. The molecule has 98 valence electrons. The van der Waals surface area contributed by atoms with E-state index in [2.05, 4.69) is 11.9 Å². The number of aromatic nitrogens is 1. The molecule has 0 saturated heterocycles. The third kappa shape index (κ3) is 3.15. The van der Waals surface area contributed by atoms with Crippen molar-refractivity contribution in [1.29, 1.82) is 0 Å². The van der Waals surface area contributed by atoms with Gasteiger partial charge in [-0.3, -0.25) is 4.79 Å². The molecule has 1 fully saturated rings. The maximum absolute atomic E-state index is 12.4. The van der Waals surface area contributed by atoms with Crippen molar-refractivity contribution in [2.45, 2.75) is 38.6 Å². The maximum atomic E-state index is 12.4. The summed E-state index contributed by atoms with van der Waals surface area (Å²) in [6.45, 7) is 2.88. The quantitative estimate of drug-likeness (QED) is 0.772. The van der Waals surface area contributed by atoms with Crippen molar-refractivity contribution in [2.75, 3.05) is 6.54 Å². The molecule has 1 saturated carbocycles. The molecule has 5 heteroatoms. The molecule has 2 rings (SSSR count). The van der Waals surface area contributed by atoms with Crippen LogP contribution in [0.25, 0.3) is 0 Å². The lowest BCUT2D eigenvalue weighted by Crippen LogP contribution is -2.34. The van der Waals surface area contributed by atoms with Crippen molar-refractivity contribution >= 4 is 29.1 Å². The minimum absolute atomic E-state index is 0.0987. The molecule has 1 aliphatic rings. The average Bonchev–Trinajstić information content (AvgIpc) is 3.17. The molecule has 1 aliphatic carbocycles. The molecule has 0 aromatic carbocycles. The Labute approximate surface area is 117 Å². The normalized spacial score (nSPS) is 14.6. The fourth-order valence-corrected chi connectivity index (χ4v) is 2.20. The molecule has 0 N–H and O–H groups in total. The Hall–Kier alpha value is -0.800. The van der Waals surface area contributed by atoms with E-state index in [-0.39, 0.29) is 11.6 Å². The number of carbonyl (C=O) groups excluding carboxylic acids is 1. The Kier molecular flexibility index (Phi) is 4.46. The number of rotatable bonds is 5. The number of halogens is 2. The van der Waals surface area contributed by atoms with Gasteiger partial charge in [0.2, 0.25) is 0 Å². The van der Waals surface area contributed by atoms with E-state index in [1.54, 1.807) is 12.1 Å². The van der Waals surface area contributed by atoms with Crippen LogP contribution in [0.4, 0.5) is 0 Å². The van der Waals surface area contributed by atoms with Gasteiger partial charge in [-0.1, -0.05) is 36.5 Å². The molecule has 0 bridgehead atoms. The number of hydrogen-bond donors (Lipinski definition) is 0. The largest absolute Gasteiger partial charge is 0.334 e.